The van der Waals surface area contributed by atoms with E-state index in [2.05, 4.69) is 0 Å². The summed E-state index contributed by atoms with van der Waals surface area (Å²) in [5.41, 5.74) is 1.45. The highest BCUT2D eigenvalue weighted by Gasteiger charge is 2.26. The van der Waals surface area contributed by atoms with E-state index in [1.165, 1.54) is 0 Å². The fraction of sp³-hybridized carbons (Fsp3) is 0.467. The molecule has 0 aliphatic heterocycles. The van der Waals surface area contributed by atoms with Gasteiger partial charge in [0.1, 0.15) is 0 Å². The lowest BCUT2D eigenvalue weighted by atomic mass is 9.98. The molecule has 0 saturated carbocycles. The van der Waals surface area contributed by atoms with E-state index in [1.807, 2.05) is 13.8 Å². The van der Waals surface area contributed by atoms with Gasteiger partial charge in [-0.2, -0.15) is 0 Å². The zero-order valence-electron chi connectivity index (χ0n) is 12.1. The van der Waals surface area contributed by atoms with Crippen LogP contribution in [0.25, 0.3) is 0 Å². The van der Waals surface area contributed by atoms with E-state index < -0.39 is 24.1 Å². The number of hydrogen-bond donors (Lipinski definition) is 2. The smallest absolute Gasteiger partial charge is 0.318 e. The van der Waals surface area contributed by atoms with Gasteiger partial charge in [0.2, 0.25) is 0 Å². The molecule has 116 valence electrons. The Labute approximate surface area is 123 Å². The Morgan fingerprint density at radius 2 is 1.48 bits per heavy atom. The van der Waals surface area contributed by atoms with Crippen molar-refractivity contribution in [3.63, 3.8) is 0 Å². The summed E-state index contributed by atoms with van der Waals surface area (Å²) in [6.45, 7) is 4.74. The van der Waals surface area contributed by atoms with Crippen LogP contribution in [0.5, 0.6) is 0 Å². The van der Waals surface area contributed by atoms with Crippen molar-refractivity contribution < 1.29 is 29.3 Å². The van der Waals surface area contributed by atoms with Crippen LogP contribution in [0.15, 0.2) is 24.3 Å². The SMILES string of the molecule is CCOC(OCC)c1ccc(CC(C(=O)O)C(=O)O)cc1. The summed E-state index contributed by atoms with van der Waals surface area (Å²) in [4.78, 5) is 21.7. The van der Waals surface area contributed by atoms with E-state index >= 15 is 0 Å². The number of carboxylic acids is 2. The predicted octanol–water partition coefficient (Wildman–Crippen LogP) is 2.09. The standard InChI is InChI=1S/C15H20O6/c1-3-20-15(21-4-2)11-7-5-10(6-8-11)9-12(13(16)17)14(18)19/h5-8,12,15H,3-4,9H2,1-2H3,(H,16,17)(H,18,19). The van der Waals surface area contributed by atoms with Crippen molar-refractivity contribution in [3.8, 4) is 0 Å². The molecule has 0 unspecified atom stereocenters. The van der Waals surface area contributed by atoms with Crippen LogP contribution in [0.4, 0.5) is 0 Å². The van der Waals surface area contributed by atoms with Gasteiger partial charge >= 0.3 is 11.9 Å². The fourth-order valence-corrected chi connectivity index (χ4v) is 1.87. The van der Waals surface area contributed by atoms with Crippen LogP contribution in [0.1, 0.15) is 31.3 Å². The maximum absolute atomic E-state index is 10.9. The normalized spacial score (nSPS) is 11.0. The second kappa shape index (κ2) is 8.39. The molecule has 2 N–H and O–H groups in total. The molecular weight excluding hydrogens is 276 g/mol. The van der Waals surface area contributed by atoms with E-state index in [0.29, 0.717) is 18.8 Å². The highest BCUT2D eigenvalue weighted by atomic mass is 16.7. The molecule has 0 heterocycles. The van der Waals surface area contributed by atoms with Crippen LogP contribution < -0.4 is 0 Å². The summed E-state index contributed by atoms with van der Waals surface area (Å²) >= 11 is 0. The first-order chi connectivity index (χ1) is 9.99. The molecule has 0 fully saturated rings. The van der Waals surface area contributed by atoms with Crippen molar-refractivity contribution in [2.75, 3.05) is 13.2 Å². The van der Waals surface area contributed by atoms with Gasteiger partial charge in [0.15, 0.2) is 12.2 Å². The highest BCUT2D eigenvalue weighted by molar-refractivity contribution is 5.93. The van der Waals surface area contributed by atoms with E-state index in [0.717, 1.165) is 5.56 Å². The first-order valence-electron chi connectivity index (χ1n) is 6.77. The molecule has 0 aliphatic carbocycles. The van der Waals surface area contributed by atoms with Crippen molar-refractivity contribution in [3.05, 3.63) is 35.4 Å². The van der Waals surface area contributed by atoms with Gasteiger partial charge in [-0.15, -0.1) is 0 Å². The lowest BCUT2D eigenvalue weighted by Gasteiger charge is -2.17. The largest absolute Gasteiger partial charge is 0.481 e. The maximum Gasteiger partial charge on any atom is 0.318 e. The first-order valence-corrected chi connectivity index (χ1v) is 6.77. The molecule has 0 saturated heterocycles. The number of benzene rings is 1. The lowest BCUT2D eigenvalue weighted by Crippen LogP contribution is -2.25. The maximum atomic E-state index is 10.9. The van der Waals surface area contributed by atoms with Crippen molar-refractivity contribution in [1.82, 2.24) is 0 Å². The quantitative estimate of drug-likeness (QED) is 0.535. The zero-order chi connectivity index (χ0) is 15.8. The van der Waals surface area contributed by atoms with Crippen LogP contribution in [0.2, 0.25) is 0 Å². The minimum Gasteiger partial charge on any atom is -0.481 e. The van der Waals surface area contributed by atoms with Crippen LogP contribution in [-0.2, 0) is 25.5 Å². The van der Waals surface area contributed by atoms with Gasteiger partial charge in [-0.3, -0.25) is 9.59 Å². The average molecular weight is 296 g/mol. The summed E-state index contributed by atoms with van der Waals surface area (Å²) in [5.74, 6) is -4.12. The second-order valence-corrected chi connectivity index (χ2v) is 4.42. The number of rotatable bonds is 9. The van der Waals surface area contributed by atoms with E-state index in [1.54, 1.807) is 24.3 Å². The molecule has 6 nitrogen and oxygen atoms in total. The van der Waals surface area contributed by atoms with Crippen LogP contribution in [0.3, 0.4) is 0 Å². The van der Waals surface area contributed by atoms with Gasteiger partial charge in [-0.25, -0.2) is 0 Å². The van der Waals surface area contributed by atoms with Crippen LogP contribution >= 0.6 is 0 Å². The zero-order valence-corrected chi connectivity index (χ0v) is 12.1. The lowest BCUT2D eigenvalue weighted by molar-refractivity contribution is -0.154. The molecule has 0 amide bonds. The van der Waals surface area contributed by atoms with Gasteiger partial charge in [0, 0.05) is 18.8 Å². The number of hydrogen-bond acceptors (Lipinski definition) is 4. The molecule has 0 radical (unpaired) electrons. The molecule has 1 aromatic carbocycles. The van der Waals surface area contributed by atoms with Crippen molar-refractivity contribution in [2.45, 2.75) is 26.6 Å². The molecule has 1 rings (SSSR count). The molecule has 6 heteroatoms. The molecular formula is C15H20O6. The summed E-state index contributed by atoms with van der Waals surface area (Å²) in [6, 6.07) is 6.90. The van der Waals surface area contributed by atoms with Crippen molar-refractivity contribution >= 4 is 11.9 Å². The van der Waals surface area contributed by atoms with Crippen LogP contribution in [0, 0.1) is 5.92 Å². The van der Waals surface area contributed by atoms with E-state index in [9.17, 15) is 9.59 Å². The summed E-state index contributed by atoms with van der Waals surface area (Å²) in [5, 5.41) is 17.7. The van der Waals surface area contributed by atoms with Gasteiger partial charge < -0.3 is 19.7 Å². The van der Waals surface area contributed by atoms with Gasteiger partial charge in [-0.05, 0) is 25.8 Å². The Kier molecular flexibility index (Phi) is 6.84. The van der Waals surface area contributed by atoms with E-state index in [-0.39, 0.29) is 6.42 Å². The van der Waals surface area contributed by atoms with Gasteiger partial charge in [-0.1, -0.05) is 24.3 Å². The molecule has 0 bridgehead atoms. The third-order valence-corrected chi connectivity index (χ3v) is 2.92. The molecule has 0 spiro atoms. The topological polar surface area (TPSA) is 93.1 Å². The van der Waals surface area contributed by atoms with Crippen molar-refractivity contribution in [1.29, 1.82) is 0 Å². The molecule has 0 atom stereocenters. The summed E-state index contributed by atoms with van der Waals surface area (Å²) in [6.07, 6.45) is -0.525. The van der Waals surface area contributed by atoms with Crippen LogP contribution in [-0.4, -0.2) is 35.4 Å². The number of ether oxygens (including phenoxy) is 2. The average Bonchev–Trinajstić information content (AvgIpc) is 2.44. The minimum atomic E-state index is -1.44. The molecule has 0 aromatic heterocycles. The molecule has 1 aromatic rings. The predicted molar refractivity (Wildman–Crippen MR) is 74.9 cm³/mol. The Morgan fingerprint density at radius 1 is 1.00 bits per heavy atom. The monoisotopic (exact) mass is 296 g/mol. The first kappa shape index (κ1) is 17.1. The third kappa shape index (κ3) is 5.17. The van der Waals surface area contributed by atoms with E-state index in [4.69, 9.17) is 19.7 Å². The summed E-state index contributed by atoms with van der Waals surface area (Å²) in [7, 11) is 0. The molecule has 0 aliphatic rings. The third-order valence-electron chi connectivity index (χ3n) is 2.92. The van der Waals surface area contributed by atoms with Gasteiger partial charge in [0.05, 0.1) is 0 Å². The number of carbonyl (C=O) groups is 2. The van der Waals surface area contributed by atoms with Gasteiger partial charge in [0.25, 0.3) is 0 Å². The number of carboxylic acid groups (broad SMARTS) is 2. The minimum absolute atomic E-state index is 0.0567. The van der Waals surface area contributed by atoms with Crippen molar-refractivity contribution in [2.24, 2.45) is 5.92 Å². The Morgan fingerprint density at radius 3 is 1.86 bits per heavy atom. The second-order valence-electron chi connectivity index (χ2n) is 4.42. The molecule has 21 heavy (non-hydrogen) atoms. The Bertz CT molecular complexity index is 448. The Balaban J connectivity index is 2.81. The Hall–Kier alpha value is -1.92. The fourth-order valence-electron chi connectivity index (χ4n) is 1.87. The number of aliphatic carboxylic acids is 2. The highest BCUT2D eigenvalue weighted by Crippen LogP contribution is 2.20. The summed E-state index contributed by atoms with van der Waals surface area (Å²) < 4.78 is 10.9.